The van der Waals surface area contributed by atoms with Crippen LogP contribution in [0, 0.1) is 13.8 Å². The number of carbonyl (C=O) groups excluding carboxylic acids is 1. The van der Waals surface area contributed by atoms with Crippen molar-refractivity contribution in [3.8, 4) is 11.1 Å². The third-order valence-corrected chi connectivity index (χ3v) is 6.78. The lowest BCUT2D eigenvalue weighted by Gasteiger charge is -2.35. The van der Waals surface area contributed by atoms with E-state index < -0.39 is 0 Å². The Kier molecular flexibility index (Phi) is 5.57. The van der Waals surface area contributed by atoms with Gasteiger partial charge in [-0.05, 0) is 71.1 Å². The molecule has 0 aliphatic carbocycles. The van der Waals surface area contributed by atoms with E-state index in [1.54, 1.807) is 12.1 Å². The fourth-order valence-corrected chi connectivity index (χ4v) is 4.78. The molecule has 1 saturated heterocycles. The number of nitrogens with one attached hydrogen (secondary N) is 2. The Morgan fingerprint density at radius 3 is 2.56 bits per heavy atom. The van der Waals surface area contributed by atoms with Crippen LogP contribution < -0.4 is 10.6 Å². The summed E-state index contributed by atoms with van der Waals surface area (Å²) < 4.78 is 0. The average molecular weight is 459 g/mol. The number of pyridine rings is 1. The number of piperidine rings is 1. The average Bonchev–Trinajstić information content (AvgIpc) is 3.41. The number of nitrogens with two attached hydrogens (primary N) is 1. The van der Waals surface area contributed by atoms with Crippen molar-refractivity contribution in [1.82, 2.24) is 30.0 Å². The molecule has 0 radical (unpaired) electrons. The van der Waals surface area contributed by atoms with Crippen molar-refractivity contribution in [3.63, 3.8) is 0 Å². The largest absolute Gasteiger partial charge is 0.398 e. The van der Waals surface area contributed by atoms with E-state index in [4.69, 9.17) is 10.7 Å². The highest BCUT2D eigenvalue weighted by Gasteiger charge is 2.23. The first kappa shape index (κ1) is 22.1. The van der Waals surface area contributed by atoms with E-state index in [-0.39, 0.29) is 11.6 Å². The van der Waals surface area contributed by atoms with Crippen molar-refractivity contribution in [1.29, 1.82) is 0 Å². The van der Waals surface area contributed by atoms with E-state index in [9.17, 15) is 4.79 Å². The summed E-state index contributed by atoms with van der Waals surface area (Å²) in [7, 11) is 4.27. The minimum Gasteiger partial charge on any atom is -0.398 e. The summed E-state index contributed by atoms with van der Waals surface area (Å²) in [4.78, 5) is 30.3. The van der Waals surface area contributed by atoms with Gasteiger partial charge >= 0.3 is 0 Å². The minimum atomic E-state index is -0.202. The normalized spacial score (nSPS) is 14.9. The number of aromatic amines is 2. The number of aromatic nitrogens is 5. The smallest absolute Gasteiger partial charge is 0.228 e. The lowest BCUT2D eigenvalue weighted by atomic mass is 9.98. The number of carbonyl (C=O) groups is 1. The van der Waals surface area contributed by atoms with Gasteiger partial charge < -0.3 is 20.5 Å². The maximum Gasteiger partial charge on any atom is 0.228 e. The van der Waals surface area contributed by atoms with E-state index in [1.165, 1.54) is 0 Å². The molecule has 0 saturated carbocycles. The number of fused-ring (bicyclic) bond motifs is 1. The molecule has 9 heteroatoms. The summed E-state index contributed by atoms with van der Waals surface area (Å²) in [5, 5.41) is 7.23. The van der Waals surface area contributed by atoms with Crippen LogP contribution in [0.1, 0.15) is 40.4 Å². The summed E-state index contributed by atoms with van der Waals surface area (Å²) >= 11 is 0. The first-order valence-corrected chi connectivity index (χ1v) is 11.6. The van der Waals surface area contributed by atoms with Crippen LogP contribution in [0.4, 0.5) is 11.5 Å². The van der Waals surface area contributed by atoms with Gasteiger partial charge in [-0.15, -0.1) is 0 Å². The highest BCUT2D eigenvalue weighted by molar-refractivity contribution is 6.09. The zero-order valence-corrected chi connectivity index (χ0v) is 20.0. The topological polar surface area (TPSA) is 120 Å². The summed E-state index contributed by atoms with van der Waals surface area (Å²) in [6.45, 7) is 5.78. The number of imidazole rings is 1. The predicted molar refractivity (Wildman–Crippen MR) is 134 cm³/mol. The van der Waals surface area contributed by atoms with Crippen LogP contribution in [0.15, 0.2) is 30.3 Å². The Bertz CT molecular complexity index is 1340. The van der Waals surface area contributed by atoms with Crippen molar-refractivity contribution in [2.45, 2.75) is 32.7 Å². The molecule has 1 aliphatic heterocycles. The summed E-state index contributed by atoms with van der Waals surface area (Å²) in [6, 6.07) is 9.81. The number of aryl methyl sites for hydroxylation is 2. The van der Waals surface area contributed by atoms with Gasteiger partial charge in [0.15, 0.2) is 11.5 Å². The molecule has 1 aromatic carbocycles. The maximum atomic E-state index is 13.3. The third-order valence-electron chi connectivity index (χ3n) is 6.78. The quantitative estimate of drug-likeness (QED) is 0.310. The van der Waals surface area contributed by atoms with Gasteiger partial charge in [0, 0.05) is 47.2 Å². The maximum absolute atomic E-state index is 13.3. The molecule has 4 heterocycles. The molecular formula is C25H30N8O. The Labute approximate surface area is 198 Å². The van der Waals surface area contributed by atoms with Crippen molar-refractivity contribution in [2.75, 3.05) is 37.8 Å². The van der Waals surface area contributed by atoms with Gasteiger partial charge in [-0.3, -0.25) is 9.89 Å². The lowest BCUT2D eigenvalue weighted by Crippen LogP contribution is -2.42. The molecule has 0 amide bonds. The monoisotopic (exact) mass is 458 g/mol. The molecule has 3 aromatic heterocycles. The van der Waals surface area contributed by atoms with Crippen molar-refractivity contribution < 1.29 is 4.79 Å². The van der Waals surface area contributed by atoms with Gasteiger partial charge in [0.25, 0.3) is 0 Å². The number of hydrogen-bond acceptors (Lipinski definition) is 7. The number of rotatable bonds is 5. The Hall–Kier alpha value is -3.72. The van der Waals surface area contributed by atoms with E-state index in [2.05, 4.69) is 44.1 Å². The molecule has 5 rings (SSSR count). The number of hydrogen-bond donors (Lipinski definition) is 3. The number of benzene rings is 1. The summed E-state index contributed by atoms with van der Waals surface area (Å²) in [6.07, 6.45) is 2.21. The van der Waals surface area contributed by atoms with Crippen LogP contribution in [-0.4, -0.2) is 69.1 Å². The first-order chi connectivity index (χ1) is 16.3. The Balaban J connectivity index is 1.42. The molecule has 0 spiro atoms. The fourth-order valence-electron chi connectivity index (χ4n) is 4.78. The zero-order chi connectivity index (χ0) is 24.0. The Morgan fingerprint density at radius 2 is 1.88 bits per heavy atom. The fraction of sp³-hybridized carbons (Fsp3) is 0.360. The third kappa shape index (κ3) is 3.92. The molecule has 4 aromatic rings. The van der Waals surface area contributed by atoms with Gasteiger partial charge in [-0.1, -0.05) is 0 Å². The molecule has 0 bridgehead atoms. The molecule has 4 N–H and O–H groups in total. The number of nitrogens with zero attached hydrogens (tertiary/aromatic N) is 5. The van der Waals surface area contributed by atoms with Crippen LogP contribution in [0.2, 0.25) is 0 Å². The van der Waals surface area contributed by atoms with E-state index in [1.807, 2.05) is 32.0 Å². The molecule has 9 nitrogen and oxygen atoms in total. The van der Waals surface area contributed by atoms with Gasteiger partial charge in [0.2, 0.25) is 5.78 Å². The van der Waals surface area contributed by atoms with Gasteiger partial charge in [0.1, 0.15) is 11.3 Å². The van der Waals surface area contributed by atoms with Crippen LogP contribution in [-0.2, 0) is 0 Å². The first-order valence-electron chi connectivity index (χ1n) is 11.6. The lowest BCUT2D eigenvalue weighted by molar-refractivity contribution is 0.103. The second-order valence-corrected chi connectivity index (χ2v) is 9.24. The van der Waals surface area contributed by atoms with E-state index in [0.29, 0.717) is 28.5 Å². The molecule has 0 unspecified atom stereocenters. The standard InChI is InChI=1S/C25H30N8O/c1-14-22(15(2)31-30-14)18-13-16(5-6-19(18)26)23(34)25-27-20-7-8-21(28-24(20)29-25)33-11-9-17(10-12-33)32(3)4/h5-8,13,17H,9-12,26H2,1-4H3,(H,30,31)(H,27,28,29). The molecule has 1 aliphatic rings. The van der Waals surface area contributed by atoms with Crippen molar-refractivity contribution >= 4 is 28.5 Å². The Morgan fingerprint density at radius 1 is 1.12 bits per heavy atom. The molecular weight excluding hydrogens is 428 g/mol. The molecule has 0 atom stereocenters. The predicted octanol–water partition coefficient (Wildman–Crippen LogP) is 3.31. The zero-order valence-electron chi connectivity index (χ0n) is 20.0. The molecule has 1 fully saturated rings. The number of H-pyrrole nitrogens is 2. The minimum absolute atomic E-state index is 0.202. The van der Waals surface area contributed by atoms with Gasteiger partial charge in [0.05, 0.1) is 5.69 Å². The van der Waals surface area contributed by atoms with E-state index >= 15 is 0 Å². The molecule has 176 valence electrons. The summed E-state index contributed by atoms with van der Waals surface area (Å²) in [5.41, 5.74) is 12.1. The van der Waals surface area contributed by atoms with Crippen LogP contribution in [0.5, 0.6) is 0 Å². The van der Waals surface area contributed by atoms with Crippen molar-refractivity contribution in [2.24, 2.45) is 0 Å². The van der Waals surface area contributed by atoms with E-state index in [0.717, 1.165) is 54.3 Å². The summed E-state index contributed by atoms with van der Waals surface area (Å²) in [5.74, 6) is 0.974. The van der Waals surface area contributed by atoms with Gasteiger partial charge in [-0.25, -0.2) is 9.97 Å². The van der Waals surface area contributed by atoms with Crippen LogP contribution in [0.3, 0.4) is 0 Å². The second kappa shape index (κ2) is 8.57. The second-order valence-electron chi connectivity index (χ2n) is 9.24. The van der Waals surface area contributed by atoms with Crippen LogP contribution in [0.25, 0.3) is 22.3 Å². The number of anilines is 2. The number of ketones is 1. The van der Waals surface area contributed by atoms with Crippen molar-refractivity contribution in [3.05, 3.63) is 53.1 Å². The molecule has 34 heavy (non-hydrogen) atoms. The van der Waals surface area contributed by atoms with Crippen LogP contribution >= 0.6 is 0 Å². The highest BCUT2D eigenvalue weighted by atomic mass is 16.1. The highest BCUT2D eigenvalue weighted by Crippen LogP contribution is 2.32. The number of nitrogen functional groups attached to an aromatic ring is 1. The van der Waals surface area contributed by atoms with Gasteiger partial charge in [-0.2, -0.15) is 5.10 Å². The SMILES string of the molecule is Cc1n[nH]c(C)c1-c1cc(C(=O)c2nc3ccc(N4CCC(N(C)C)CC4)nc3[nH]2)ccc1N.